The minimum absolute atomic E-state index is 0.231. The number of nitrogens with one attached hydrogen (secondary N) is 1. The molecule has 1 N–H and O–H groups in total. The van der Waals surface area contributed by atoms with Gasteiger partial charge in [-0.3, -0.25) is 4.79 Å². The predicted octanol–water partition coefficient (Wildman–Crippen LogP) is 3.67. The summed E-state index contributed by atoms with van der Waals surface area (Å²) in [5.74, 6) is -0.0359. The van der Waals surface area contributed by atoms with Crippen molar-refractivity contribution in [1.82, 2.24) is 5.32 Å². The Kier molecular flexibility index (Phi) is 5.79. The molecule has 0 heterocycles. The molecule has 0 saturated heterocycles. The van der Waals surface area contributed by atoms with E-state index in [-0.39, 0.29) is 16.6 Å². The summed E-state index contributed by atoms with van der Waals surface area (Å²) in [6, 6.07) is 4.35. The fourth-order valence-corrected chi connectivity index (χ4v) is 2.68. The van der Waals surface area contributed by atoms with Gasteiger partial charge in [-0.05, 0) is 43.0 Å². The highest BCUT2D eigenvalue weighted by atomic mass is 79.9. The van der Waals surface area contributed by atoms with Crippen LogP contribution >= 0.6 is 15.9 Å². The molecule has 1 amide bonds. The molecular formula is C14H19BrFNO. The summed E-state index contributed by atoms with van der Waals surface area (Å²) < 4.78 is 13.2. The number of alkyl halides is 1. The lowest BCUT2D eigenvalue weighted by molar-refractivity contribution is 0.0952. The zero-order chi connectivity index (χ0) is 13.7. The quantitative estimate of drug-likeness (QED) is 0.825. The largest absolute Gasteiger partial charge is 0.351 e. The van der Waals surface area contributed by atoms with Crippen molar-refractivity contribution in [2.24, 2.45) is 5.92 Å². The molecule has 100 valence electrons. The monoisotopic (exact) mass is 315 g/mol. The summed E-state index contributed by atoms with van der Waals surface area (Å²) in [6.45, 7) is 6.58. The van der Waals surface area contributed by atoms with Crippen molar-refractivity contribution in [3.63, 3.8) is 0 Å². The van der Waals surface area contributed by atoms with E-state index < -0.39 is 0 Å². The van der Waals surface area contributed by atoms with Crippen molar-refractivity contribution >= 4 is 21.8 Å². The fourth-order valence-electron chi connectivity index (χ4n) is 1.77. The first-order chi connectivity index (χ1) is 8.38. The Labute approximate surface area is 116 Å². The molecule has 18 heavy (non-hydrogen) atoms. The molecule has 0 bridgehead atoms. The molecule has 1 rings (SSSR count). The number of amides is 1. The first-order valence-electron chi connectivity index (χ1n) is 6.08. The van der Waals surface area contributed by atoms with Gasteiger partial charge in [0.2, 0.25) is 0 Å². The molecule has 1 aromatic carbocycles. The molecule has 2 nitrogen and oxygen atoms in total. The Bertz CT molecular complexity index is 400. The van der Waals surface area contributed by atoms with Crippen molar-refractivity contribution in [3.8, 4) is 0 Å². The van der Waals surface area contributed by atoms with Gasteiger partial charge in [-0.15, -0.1) is 0 Å². The van der Waals surface area contributed by atoms with Crippen LogP contribution in [0.4, 0.5) is 4.39 Å². The average Bonchev–Trinajstić information content (AvgIpc) is 2.23. The Morgan fingerprint density at radius 3 is 2.61 bits per heavy atom. The highest BCUT2D eigenvalue weighted by Gasteiger charge is 2.11. The topological polar surface area (TPSA) is 29.1 Å². The van der Waals surface area contributed by atoms with Crippen LogP contribution in [0, 0.1) is 18.7 Å². The van der Waals surface area contributed by atoms with E-state index in [1.54, 1.807) is 13.0 Å². The number of halogens is 2. The van der Waals surface area contributed by atoms with Gasteiger partial charge in [-0.1, -0.05) is 29.8 Å². The second-order valence-corrected chi connectivity index (χ2v) is 6.25. The highest BCUT2D eigenvalue weighted by molar-refractivity contribution is 9.09. The van der Waals surface area contributed by atoms with Crippen LogP contribution in [0.15, 0.2) is 18.2 Å². The third kappa shape index (κ3) is 5.17. The van der Waals surface area contributed by atoms with Gasteiger partial charge in [0.15, 0.2) is 0 Å². The van der Waals surface area contributed by atoms with Gasteiger partial charge >= 0.3 is 0 Å². The Balaban J connectivity index is 2.55. The van der Waals surface area contributed by atoms with Gasteiger partial charge in [-0.2, -0.15) is 0 Å². The van der Waals surface area contributed by atoms with Crippen LogP contribution in [0.2, 0.25) is 0 Å². The Hall–Kier alpha value is -0.900. The number of aryl methyl sites for hydroxylation is 1. The minimum Gasteiger partial charge on any atom is -0.351 e. The summed E-state index contributed by atoms with van der Waals surface area (Å²) in [5.41, 5.74) is 1.12. The molecule has 0 fully saturated rings. The van der Waals surface area contributed by atoms with Crippen LogP contribution in [-0.4, -0.2) is 17.3 Å². The Morgan fingerprint density at radius 1 is 1.39 bits per heavy atom. The molecule has 1 unspecified atom stereocenters. The molecule has 1 aromatic rings. The van der Waals surface area contributed by atoms with Crippen LogP contribution in [0.5, 0.6) is 0 Å². The van der Waals surface area contributed by atoms with Gasteiger partial charge < -0.3 is 5.32 Å². The van der Waals surface area contributed by atoms with Crippen molar-refractivity contribution < 1.29 is 9.18 Å². The SMILES string of the molecule is Cc1cc(F)cc(C(=O)NCC(Br)CC(C)C)c1. The minimum atomic E-state index is -0.377. The zero-order valence-corrected chi connectivity index (χ0v) is 12.6. The summed E-state index contributed by atoms with van der Waals surface area (Å²) >= 11 is 3.52. The molecule has 0 aliphatic rings. The first kappa shape index (κ1) is 15.2. The summed E-state index contributed by atoms with van der Waals surface area (Å²) in [5, 5.41) is 2.81. The lowest BCUT2D eigenvalue weighted by Crippen LogP contribution is -2.30. The van der Waals surface area contributed by atoms with Crippen LogP contribution in [-0.2, 0) is 0 Å². The second kappa shape index (κ2) is 6.88. The maximum absolute atomic E-state index is 13.2. The lowest BCUT2D eigenvalue weighted by Gasteiger charge is -2.13. The van der Waals surface area contributed by atoms with E-state index in [0.717, 1.165) is 12.0 Å². The lowest BCUT2D eigenvalue weighted by atomic mass is 10.1. The maximum atomic E-state index is 13.2. The predicted molar refractivity (Wildman–Crippen MR) is 75.6 cm³/mol. The molecule has 0 radical (unpaired) electrons. The number of carbonyl (C=O) groups is 1. The van der Waals surface area contributed by atoms with Crippen molar-refractivity contribution in [2.75, 3.05) is 6.54 Å². The zero-order valence-electron chi connectivity index (χ0n) is 11.0. The molecule has 0 aliphatic carbocycles. The molecule has 0 aromatic heterocycles. The van der Waals surface area contributed by atoms with E-state index >= 15 is 0 Å². The normalized spacial score (nSPS) is 12.6. The second-order valence-electron chi connectivity index (χ2n) is 4.95. The molecule has 0 saturated carbocycles. The molecule has 1 atom stereocenters. The smallest absolute Gasteiger partial charge is 0.251 e. The van der Waals surface area contributed by atoms with E-state index in [1.807, 2.05) is 0 Å². The van der Waals surface area contributed by atoms with Gasteiger partial charge in [0.1, 0.15) is 5.82 Å². The van der Waals surface area contributed by atoms with E-state index in [2.05, 4.69) is 35.1 Å². The van der Waals surface area contributed by atoms with Gasteiger partial charge in [0.25, 0.3) is 5.91 Å². The van der Waals surface area contributed by atoms with Crippen LogP contribution in [0.3, 0.4) is 0 Å². The molecule has 4 heteroatoms. The fraction of sp³-hybridized carbons (Fsp3) is 0.500. The third-order valence-electron chi connectivity index (χ3n) is 2.52. The van der Waals surface area contributed by atoms with E-state index in [1.165, 1.54) is 12.1 Å². The van der Waals surface area contributed by atoms with Crippen LogP contribution in [0.1, 0.15) is 36.2 Å². The number of rotatable bonds is 5. The standard InChI is InChI=1S/C14H19BrFNO/c1-9(2)4-12(15)8-17-14(18)11-5-10(3)6-13(16)7-11/h5-7,9,12H,4,8H2,1-3H3,(H,17,18). The van der Waals surface area contributed by atoms with Crippen LogP contribution < -0.4 is 5.32 Å². The maximum Gasteiger partial charge on any atom is 0.251 e. The van der Waals surface area contributed by atoms with E-state index in [0.29, 0.717) is 18.0 Å². The first-order valence-corrected chi connectivity index (χ1v) is 6.99. The van der Waals surface area contributed by atoms with Gasteiger partial charge in [0, 0.05) is 16.9 Å². The molecule has 0 aliphatic heterocycles. The highest BCUT2D eigenvalue weighted by Crippen LogP contribution is 2.12. The number of carbonyl (C=O) groups excluding carboxylic acids is 1. The summed E-state index contributed by atoms with van der Waals surface area (Å²) in [6.07, 6.45) is 0.989. The van der Waals surface area contributed by atoms with Crippen molar-refractivity contribution in [3.05, 3.63) is 35.1 Å². The van der Waals surface area contributed by atoms with E-state index in [4.69, 9.17) is 0 Å². The van der Waals surface area contributed by atoms with Crippen molar-refractivity contribution in [2.45, 2.75) is 32.0 Å². The number of hydrogen-bond donors (Lipinski definition) is 1. The Morgan fingerprint density at radius 2 is 2.06 bits per heavy atom. The number of benzene rings is 1. The van der Waals surface area contributed by atoms with Crippen LogP contribution in [0.25, 0.3) is 0 Å². The molecular weight excluding hydrogens is 297 g/mol. The van der Waals surface area contributed by atoms with Gasteiger partial charge in [-0.25, -0.2) is 4.39 Å². The van der Waals surface area contributed by atoms with Crippen molar-refractivity contribution in [1.29, 1.82) is 0 Å². The summed E-state index contributed by atoms with van der Waals surface area (Å²) in [4.78, 5) is 12.1. The average molecular weight is 316 g/mol. The van der Waals surface area contributed by atoms with Gasteiger partial charge in [0.05, 0.1) is 0 Å². The third-order valence-corrected chi connectivity index (χ3v) is 3.21. The van der Waals surface area contributed by atoms with E-state index in [9.17, 15) is 9.18 Å². The summed E-state index contributed by atoms with van der Waals surface area (Å²) in [7, 11) is 0. The number of hydrogen-bond acceptors (Lipinski definition) is 1. The molecule has 0 spiro atoms.